The monoisotopic (exact) mass is 199 g/mol. The van der Waals surface area contributed by atoms with E-state index >= 15 is 0 Å². The molecule has 0 fully saturated rings. The molecule has 0 aromatic heterocycles. The molecule has 0 aliphatic carbocycles. The van der Waals surface area contributed by atoms with E-state index in [1.54, 1.807) is 24.3 Å². The van der Waals surface area contributed by atoms with E-state index in [0.717, 1.165) is 0 Å². The molecule has 1 rings (SSSR count). The third-order valence-electron chi connectivity index (χ3n) is 1.27. The van der Waals surface area contributed by atoms with Gasteiger partial charge in [0.05, 0.1) is 6.61 Å². The fraction of sp³-hybridized carbons (Fsp3) is 0.222. The predicted molar refractivity (Wildman–Crippen MR) is 50.8 cm³/mol. The van der Waals surface area contributed by atoms with Gasteiger partial charge in [0.25, 0.3) is 0 Å². The smallest absolute Gasteiger partial charge is 0.322 e. The van der Waals surface area contributed by atoms with Crippen LogP contribution in [0, 0.1) is 0 Å². The van der Waals surface area contributed by atoms with E-state index in [2.05, 4.69) is 0 Å². The molecular formula is C9H13NO4. The quantitative estimate of drug-likeness (QED) is 0.527. The zero-order valence-corrected chi connectivity index (χ0v) is 7.50. The zero-order valence-electron chi connectivity index (χ0n) is 7.50. The number of aliphatic carboxylic acids is 1. The molecule has 5 nitrogen and oxygen atoms in total. The molecule has 1 aromatic carbocycles. The molecule has 1 aromatic rings. The van der Waals surface area contributed by atoms with Crippen LogP contribution in [0.1, 0.15) is 0 Å². The van der Waals surface area contributed by atoms with Crippen molar-refractivity contribution in [3.63, 3.8) is 0 Å². The van der Waals surface area contributed by atoms with Crippen LogP contribution < -0.4 is 5.73 Å². The number of carboxylic acid groups (broad SMARTS) is 1. The second kappa shape index (κ2) is 6.88. The topological polar surface area (TPSA) is 104 Å². The number of aliphatic hydroxyl groups excluding tert-OH is 1. The van der Waals surface area contributed by atoms with Gasteiger partial charge < -0.3 is 21.1 Å². The second-order valence-corrected chi connectivity index (χ2v) is 2.46. The lowest BCUT2D eigenvalue weighted by atomic mass is 10.3. The number of phenols is 1. The van der Waals surface area contributed by atoms with Crippen LogP contribution in [0.5, 0.6) is 5.75 Å². The molecule has 5 N–H and O–H groups in total. The van der Waals surface area contributed by atoms with Crippen LogP contribution in [0.2, 0.25) is 0 Å². The summed E-state index contributed by atoms with van der Waals surface area (Å²) in [5.41, 5.74) is 4.77. The van der Waals surface area contributed by atoms with Gasteiger partial charge in [-0.3, -0.25) is 4.79 Å². The molecule has 0 aliphatic rings. The highest BCUT2D eigenvalue weighted by Gasteiger charge is 2.06. The number of aliphatic hydroxyl groups is 1. The number of carbonyl (C=O) groups is 1. The molecule has 0 saturated heterocycles. The summed E-state index contributed by atoms with van der Waals surface area (Å²) in [5.74, 6) is -0.856. The van der Waals surface area contributed by atoms with Crippen LogP contribution in [-0.2, 0) is 4.79 Å². The first-order valence-electron chi connectivity index (χ1n) is 3.91. The molecule has 14 heavy (non-hydrogen) atoms. The summed E-state index contributed by atoms with van der Waals surface area (Å²) < 4.78 is 0. The summed E-state index contributed by atoms with van der Waals surface area (Å²) in [6.45, 7) is -0.505. The Morgan fingerprint density at radius 3 is 2.00 bits per heavy atom. The van der Waals surface area contributed by atoms with Gasteiger partial charge in [0, 0.05) is 0 Å². The van der Waals surface area contributed by atoms with Gasteiger partial charge in [-0.05, 0) is 12.1 Å². The third kappa shape index (κ3) is 5.99. The Hall–Kier alpha value is -1.59. The molecule has 78 valence electrons. The van der Waals surface area contributed by atoms with E-state index < -0.39 is 18.6 Å². The predicted octanol–water partition coefficient (Wildman–Crippen LogP) is -0.217. The van der Waals surface area contributed by atoms with E-state index in [1.807, 2.05) is 6.07 Å². The van der Waals surface area contributed by atoms with Gasteiger partial charge in [-0.1, -0.05) is 18.2 Å². The zero-order chi connectivity index (χ0) is 11.0. The number of phenolic OH excluding ortho intramolecular Hbond substituents is 1. The molecule has 1 atom stereocenters. The van der Waals surface area contributed by atoms with Crippen molar-refractivity contribution >= 4 is 5.97 Å². The molecule has 0 radical (unpaired) electrons. The van der Waals surface area contributed by atoms with E-state index in [9.17, 15) is 4.79 Å². The molecule has 0 heterocycles. The summed E-state index contributed by atoms with van der Waals surface area (Å²) in [6.07, 6.45) is 0. The van der Waals surface area contributed by atoms with Crippen molar-refractivity contribution in [2.75, 3.05) is 6.61 Å². The summed E-state index contributed by atoms with van der Waals surface area (Å²) in [5, 5.41) is 24.5. The van der Waals surface area contributed by atoms with Gasteiger partial charge in [0.15, 0.2) is 0 Å². The maximum atomic E-state index is 9.65. The highest BCUT2D eigenvalue weighted by atomic mass is 16.4. The lowest BCUT2D eigenvalue weighted by molar-refractivity contribution is -0.139. The van der Waals surface area contributed by atoms with Crippen LogP contribution in [0.15, 0.2) is 30.3 Å². The first kappa shape index (κ1) is 12.4. The molecule has 0 saturated carbocycles. The normalized spacial score (nSPS) is 11.0. The molecule has 0 bridgehead atoms. The Bertz CT molecular complexity index is 263. The van der Waals surface area contributed by atoms with Gasteiger partial charge in [0.1, 0.15) is 11.8 Å². The van der Waals surface area contributed by atoms with Crippen LogP contribution in [0.3, 0.4) is 0 Å². The first-order valence-corrected chi connectivity index (χ1v) is 3.91. The largest absolute Gasteiger partial charge is 0.508 e. The van der Waals surface area contributed by atoms with Crippen molar-refractivity contribution in [2.45, 2.75) is 6.04 Å². The van der Waals surface area contributed by atoms with Crippen molar-refractivity contribution in [1.29, 1.82) is 0 Å². The number of rotatable bonds is 2. The van der Waals surface area contributed by atoms with Gasteiger partial charge in [-0.25, -0.2) is 0 Å². The van der Waals surface area contributed by atoms with Crippen LogP contribution >= 0.6 is 0 Å². The van der Waals surface area contributed by atoms with Crippen molar-refractivity contribution in [3.8, 4) is 5.75 Å². The number of carboxylic acids is 1. The van der Waals surface area contributed by atoms with E-state index in [-0.39, 0.29) is 0 Å². The minimum Gasteiger partial charge on any atom is -0.508 e. The fourth-order valence-corrected chi connectivity index (χ4v) is 0.506. The Balaban J connectivity index is 0.000000241. The Morgan fingerprint density at radius 2 is 1.86 bits per heavy atom. The maximum Gasteiger partial charge on any atom is 0.322 e. The van der Waals surface area contributed by atoms with Gasteiger partial charge >= 0.3 is 5.97 Å². The SMILES string of the molecule is N[C@@H](CO)C(=O)O.Oc1ccccc1. The van der Waals surface area contributed by atoms with Crippen molar-refractivity contribution in [3.05, 3.63) is 30.3 Å². The third-order valence-corrected chi connectivity index (χ3v) is 1.27. The number of hydrogen-bond donors (Lipinski definition) is 4. The lowest BCUT2D eigenvalue weighted by Crippen LogP contribution is -2.33. The number of para-hydroxylation sites is 1. The van der Waals surface area contributed by atoms with E-state index in [4.69, 9.17) is 21.1 Å². The molecule has 0 unspecified atom stereocenters. The van der Waals surface area contributed by atoms with Crippen molar-refractivity contribution in [1.82, 2.24) is 0 Å². The summed E-state index contributed by atoms with van der Waals surface area (Å²) in [7, 11) is 0. The Labute approximate surface area is 81.4 Å². The maximum absolute atomic E-state index is 9.65. The Morgan fingerprint density at radius 1 is 1.36 bits per heavy atom. The minimum atomic E-state index is -1.18. The number of hydrogen-bond acceptors (Lipinski definition) is 4. The minimum absolute atomic E-state index is 0.322. The number of nitrogens with two attached hydrogens (primary N) is 1. The molecule has 0 amide bonds. The first-order chi connectivity index (χ1) is 6.57. The molecule has 0 spiro atoms. The fourth-order valence-electron chi connectivity index (χ4n) is 0.506. The molecular weight excluding hydrogens is 186 g/mol. The van der Waals surface area contributed by atoms with Gasteiger partial charge in [-0.15, -0.1) is 0 Å². The van der Waals surface area contributed by atoms with Crippen LogP contribution in [-0.4, -0.2) is 33.9 Å². The van der Waals surface area contributed by atoms with Crippen molar-refractivity contribution in [2.24, 2.45) is 5.73 Å². The second-order valence-electron chi connectivity index (χ2n) is 2.46. The highest BCUT2D eigenvalue weighted by Crippen LogP contribution is 2.02. The Kier molecular flexibility index (Phi) is 6.09. The molecule has 5 heteroatoms. The van der Waals surface area contributed by atoms with Crippen molar-refractivity contribution < 1.29 is 20.1 Å². The molecule has 0 aliphatic heterocycles. The van der Waals surface area contributed by atoms with Gasteiger partial charge in [0.2, 0.25) is 0 Å². The number of benzene rings is 1. The average molecular weight is 199 g/mol. The number of aromatic hydroxyl groups is 1. The van der Waals surface area contributed by atoms with Crippen LogP contribution in [0.4, 0.5) is 0 Å². The summed E-state index contributed by atoms with van der Waals surface area (Å²) >= 11 is 0. The lowest BCUT2D eigenvalue weighted by Gasteiger charge is -1.96. The van der Waals surface area contributed by atoms with Gasteiger partial charge in [-0.2, -0.15) is 0 Å². The average Bonchev–Trinajstić information content (AvgIpc) is 2.18. The highest BCUT2D eigenvalue weighted by molar-refractivity contribution is 5.73. The summed E-state index contributed by atoms with van der Waals surface area (Å²) in [4.78, 5) is 9.65. The standard InChI is InChI=1S/C6H6O.C3H7NO3/c7-6-4-2-1-3-5-6;4-2(1-5)3(6)7/h1-5,7H;2,5H,1,4H2,(H,6,7)/t;2-/m.0/s1. The van der Waals surface area contributed by atoms with E-state index in [1.165, 1.54) is 0 Å². The van der Waals surface area contributed by atoms with Crippen LogP contribution in [0.25, 0.3) is 0 Å². The van der Waals surface area contributed by atoms with E-state index in [0.29, 0.717) is 5.75 Å². The summed E-state index contributed by atoms with van der Waals surface area (Å²) in [6, 6.07) is 7.59.